The van der Waals surface area contributed by atoms with E-state index in [1.807, 2.05) is 43.3 Å². The van der Waals surface area contributed by atoms with Crippen LogP contribution in [0.1, 0.15) is 24.8 Å². The molecule has 2 atom stereocenters. The average molecular weight is 204 g/mol. The van der Waals surface area contributed by atoms with Crippen LogP contribution in [0.15, 0.2) is 42.2 Å². The van der Waals surface area contributed by atoms with Gasteiger partial charge in [-0.1, -0.05) is 37.3 Å². The predicted molar refractivity (Wildman–Crippen MR) is 59.5 cm³/mol. The smallest absolute Gasteiger partial charge is 0.121 e. The minimum Gasteiger partial charge on any atom is -0.495 e. The molecule has 0 amide bonds. The van der Waals surface area contributed by atoms with Crippen molar-refractivity contribution >= 4 is 0 Å². The Hall–Kier alpha value is -1.28. The fraction of sp³-hybridized carbons (Fsp3) is 0.385. The second-order valence-corrected chi connectivity index (χ2v) is 3.89. The van der Waals surface area contributed by atoms with Crippen molar-refractivity contribution < 1.29 is 9.84 Å². The molecule has 0 aromatic heterocycles. The lowest BCUT2D eigenvalue weighted by atomic mass is 9.94. The lowest BCUT2D eigenvalue weighted by Gasteiger charge is -2.19. The van der Waals surface area contributed by atoms with Crippen molar-refractivity contribution in [1.29, 1.82) is 0 Å². The summed E-state index contributed by atoms with van der Waals surface area (Å²) < 4.78 is 5.37. The average Bonchev–Trinajstić information content (AvgIpc) is 2.82. The molecule has 1 N–H and O–H groups in total. The zero-order chi connectivity index (χ0) is 10.7. The first kappa shape index (κ1) is 10.2. The number of rotatable bonds is 3. The van der Waals surface area contributed by atoms with Gasteiger partial charge in [0.25, 0.3) is 0 Å². The van der Waals surface area contributed by atoms with Crippen molar-refractivity contribution in [2.24, 2.45) is 0 Å². The van der Waals surface area contributed by atoms with Gasteiger partial charge in [-0.15, -0.1) is 0 Å². The molecule has 0 saturated carbocycles. The van der Waals surface area contributed by atoms with Crippen molar-refractivity contribution in [2.45, 2.75) is 25.4 Å². The van der Waals surface area contributed by atoms with Gasteiger partial charge in [0.2, 0.25) is 0 Å². The van der Waals surface area contributed by atoms with Crippen LogP contribution in [0, 0.1) is 0 Å². The predicted octanol–water partition coefficient (Wildman–Crippen LogP) is 2.46. The summed E-state index contributed by atoms with van der Waals surface area (Å²) in [5, 5.41) is 10.1. The fourth-order valence-electron chi connectivity index (χ4n) is 1.83. The SMILES string of the molecule is CC(c1ccccc1)C(O)C1=CCCO1. The van der Waals surface area contributed by atoms with Crippen LogP contribution in [0.2, 0.25) is 0 Å². The largest absolute Gasteiger partial charge is 0.495 e. The van der Waals surface area contributed by atoms with Crippen molar-refractivity contribution in [1.82, 2.24) is 0 Å². The van der Waals surface area contributed by atoms with Crippen molar-refractivity contribution in [3.63, 3.8) is 0 Å². The molecule has 0 spiro atoms. The standard InChI is InChI=1S/C13H16O2/c1-10(11-6-3-2-4-7-11)13(14)12-8-5-9-15-12/h2-4,6-8,10,13-14H,5,9H2,1H3. The monoisotopic (exact) mass is 204 g/mol. The highest BCUT2D eigenvalue weighted by Crippen LogP contribution is 2.26. The molecule has 2 heteroatoms. The van der Waals surface area contributed by atoms with Crippen LogP contribution in [-0.2, 0) is 4.74 Å². The Morgan fingerprint density at radius 1 is 1.27 bits per heavy atom. The van der Waals surface area contributed by atoms with E-state index >= 15 is 0 Å². The number of benzene rings is 1. The molecule has 15 heavy (non-hydrogen) atoms. The van der Waals surface area contributed by atoms with Gasteiger partial charge >= 0.3 is 0 Å². The molecule has 2 unspecified atom stereocenters. The number of ether oxygens (including phenoxy) is 1. The Bertz CT molecular complexity index is 343. The molecular weight excluding hydrogens is 188 g/mol. The Morgan fingerprint density at radius 3 is 2.60 bits per heavy atom. The van der Waals surface area contributed by atoms with Gasteiger partial charge in [-0.3, -0.25) is 0 Å². The second kappa shape index (κ2) is 4.49. The molecular formula is C13H16O2. The Kier molecular flexibility index (Phi) is 3.07. The number of hydrogen-bond donors (Lipinski definition) is 1. The summed E-state index contributed by atoms with van der Waals surface area (Å²) in [6.07, 6.45) is 2.37. The van der Waals surface area contributed by atoms with Crippen LogP contribution in [0.5, 0.6) is 0 Å². The summed E-state index contributed by atoms with van der Waals surface area (Å²) in [6, 6.07) is 10.0. The van der Waals surface area contributed by atoms with Crippen LogP contribution in [0.3, 0.4) is 0 Å². The molecule has 1 aromatic carbocycles. The van der Waals surface area contributed by atoms with Gasteiger partial charge in [0.15, 0.2) is 0 Å². The summed E-state index contributed by atoms with van der Waals surface area (Å²) in [5.41, 5.74) is 1.14. The molecule has 0 bridgehead atoms. The van der Waals surface area contributed by atoms with Gasteiger partial charge in [0.05, 0.1) is 6.61 Å². The van der Waals surface area contributed by atoms with Crippen molar-refractivity contribution in [3.8, 4) is 0 Å². The summed E-state index contributed by atoms with van der Waals surface area (Å²) in [5.74, 6) is 0.807. The quantitative estimate of drug-likeness (QED) is 0.819. The third-order valence-electron chi connectivity index (χ3n) is 2.82. The zero-order valence-corrected chi connectivity index (χ0v) is 8.89. The normalized spacial score (nSPS) is 19.2. The molecule has 1 heterocycles. The summed E-state index contributed by atoms with van der Waals surface area (Å²) in [4.78, 5) is 0. The summed E-state index contributed by atoms with van der Waals surface area (Å²) in [6.45, 7) is 2.72. The molecule has 0 saturated heterocycles. The van der Waals surface area contributed by atoms with E-state index in [1.165, 1.54) is 0 Å². The van der Waals surface area contributed by atoms with E-state index in [-0.39, 0.29) is 5.92 Å². The topological polar surface area (TPSA) is 29.5 Å². The van der Waals surface area contributed by atoms with Crippen LogP contribution in [0.25, 0.3) is 0 Å². The second-order valence-electron chi connectivity index (χ2n) is 3.89. The highest BCUT2D eigenvalue weighted by Gasteiger charge is 2.23. The van der Waals surface area contributed by atoms with Crippen LogP contribution in [0.4, 0.5) is 0 Å². The maximum atomic E-state index is 10.1. The molecule has 0 radical (unpaired) electrons. The molecule has 80 valence electrons. The Labute approximate surface area is 90.2 Å². The fourth-order valence-corrected chi connectivity index (χ4v) is 1.83. The highest BCUT2D eigenvalue weighted by atomic mass is 16.5. The van der Waals surface area contributed by atoms with Crippen molar-refractivity contribution in [2.75, 3.05) is 6.61 Å². The maximum Gasteiger partial charge on any atom is 0.121 e. The van der Waals surface area contributed by atoms with Gasteiger partial charge in [-0.05, 0) is 11.6 Å². The first-order valence-corrected chi connectivity index (χ1v) is 5.35. The summed E-state index contributed by atoms with van der Waals surface area (Å²) >= 11 is 0. The molecule has 1 aliphatic rings. The molecule has 0 aliphatic carbocycles. The zero-order valence-electron chi connectivity index (χ0n) is 8.89. The van der Waals surface area contributed by atoms with E-state index in [2.05, 4.69) is 0 Å². The van der Waals surface area contributed by atoms with E-state index in [4.69, 9.17) is 4.74 Å². The van der Waals surface area contributed by atoms with Crippen LogP contribution < -0.4 is 0 Å². The lowest BCUT2D eigenvalue weighted by Crippen LogP contribution is -2.18. The minimum absolute atomic E-state index is 0.0792. The van der Waals surface area contributed by atoms with E-state index in [0.717, 1.165) is 17.7 Å². The lowest BCUT2D eigenvalue weighted by molar-refractivity contribution is 0.102. The number of aliphatic hydroxyl groups excluding tert-OH is 1. The first-order valence-electron chi connectivity index (χ1n) is 5.35. The molecule has 2 rings (SSSR count). The third kappa shape index (κ3) is 2.21. The molecule has 1 aliphatic heterocycles. The van der Waals surface area contributed by atoms with E-state index in [0.29, 0.717) is 6.61 Å². The number of aliphatic hydroxyl groups is 1. The Balaban J connectivity index is 2.10. The third-order valence-corrected chi connectivity index (χ3v) is 2.82. The first-order chi connectivity index (χ1) is 7.29. The van der Waals surface area contributed by atoms with Crippen LogP contribution in [-0.4, -0.2) is 17.8 Å². The Morgan fingerprint density at radius 2 is 2.00 bits per heavy atom. The minimum atomic E-state index is -0.519. The van der Waals surface area contributed by atoms with Gasteiger partial charge in [0, 0.05) is 12.3 Å². The maximum absolute atomic E-state index is 10.1. The van der Waals surface area contributed by atoms with E-state index in [1.54, 1.807) is 0 Å². The highest BCUT2D eigenvalue weighted by molar-refractivity contribution is 5.23. The van der Waals surface area contributed by atoms with E-state index in [9.17, 15) is 5.11 Å². The van der Waals surface area contributed by atoms with Gasteiger partial charge in [-0.2, -0.15) is 0 Å². The van der Waals surface area contributed by atoms with Gasteiger partial charge < -0.3 is 9.84 Å². The van der Waals surface area contributed by atoms with Crippen molar-refractivity contribution in [3.05, 3.63) is 47.7 Å². The summed E-state index contributed by atoms with van der Waals surface area (Å²) in [7, 11) is 0. The van der Waals surface area contributed by atoms with Gasteiger partial charge in [0.1, 0.15) is 11.9 Å². The molecule has 1 aromatic rings. The molecule has 2 nitrogen and oxygen atoms in total. The van der Waals surface area contributed by atoms with Gasteiger partial charge in [-0.25, -0.2) is 0 Å². The van der Waals surface area contributed by atoms with Crippen LogP contribution >= 0.6 is 0 Å². The van der Waals surface area contributed by atoms with E-state index < -0.39 is 6.10 Å². The molecule has 0 fully saturated rings. The number of hydrogen-bond acceptors (Lipinski definition) is 2.